The number of nitrogens with two attached hydrogens (primary N) is 1. The lowest BCUT2D eigenvalue weighted by molar-refractivity contribution is -0.141. The molecule has 2 aromatic carbocycles. The van der Waals surface area contributed by atoms with Crippen LogP contribution in [0.3, 0.4) is 0 Å². The van der Waals surface area contributed by atoms with E-state index >= 15 is 0 Å². The van der Waals surface area contributed by atoms with Gasteiger partial charge in [-0.1, -0.05) is 32.1 Å². The topological polar surface area (TPSA) is 225 Å². The molecule has 3 amide bonds. The van der Waals surface area contributed by atoms with E-state index in [1.807, 2.05) is 0 Å². The Morgan fingerprint density at radius 1 is 0.685 bits per heavy atom. The third-order valence-electron chi connectivity index (χ3n) is 14.1. The van der Waals surface area contributed by atoms with Gasteiger partial charge in [0.2, 0.25) is 11.9 Å². The molecule has 6 aliphatic rings. The number of halogens is 4. The predicted octanol–water partition coefficient (Wildman–Crippen LogP) is 6.58. The van der Waals surface area contributed by atoms with Crippen molar-refractivity contribution in [3.05, 3.63) is 59.9 Å². The van der Waals surface area contributed by atoms with Gasteiger partial charge >= 0.3 is 11.8 Å². The van der Waals surface area contributed by atoms with E-state index < -0.39 is 36.7 Å². The van der Waals surface area contributed by atoms with Gasteiger partial charge in [-0.15, -0.1) is 0 Å². The number of ether oxygens (including phenoxy) is 2. The number of carbonyl (C=O) groups excluding carboxylic acids is 4. The standard InChI is InChI=1S/C24H29F2N7O3.C22H25F2N5O3.C4H9N/c1-32-18-12-28-23(31-20(18)33(16-5-3-4-6-16)13-24(25,26)22(32)35)30-17-8-7-14(9-19(17)36-2)21(34)29-15-10-27-11-15;1-13(30)14-8-9-16(18(10-14)32-3)26-21-25-11-17-19(27-21)29(15-6-4-5-7-15)12-22(23,24)20(31)28(17)2;5-4-2-1-3-4/h7-9,12,15-16,27H,3-6,10-11,13H2,1-2H3,(H,29,34)(H,28,30,31);8-11,15H,4-7,12H2,1-3H3,(H,25,26,27);4H,1-3,5H2. The maximum atomic E-state index is 14.8. The minimum absolute atomic E-state index is 0.100. The number of carbonyl (C=O) groups is 4. The number of fused-ring (bicyclic) bond motifs is 2. The molecule has 0 atom stereocenters. The zero-order chi connectivity index (χ0) is 52.2. The summed E-state index contributed by atoms with van der Waals surface area (Å²) in [6.07, 6.45) is 13.5. The Labute approximate surface area is 421 Å². The molecule has 10 rings (SSSR count). The first-order valence-corrected chi connectivity index (χ1v) is 24.6. The van der Waals surface area contributed by atoms with Crippen molar-refractivity contribution in [2.75, 3.05) is 84.7 Å². The van der Waals surface area contributed by atoms with E-state index in [0.717, 1.165) is 74.3 Å². The third kappa shape index (κ3) is 11.7. The summed E-state index contributed by atoms with van der Waals surface area (Å²) in [5.41, 5.74) is 7.82. The quantitative estimate of drug-likeness (QED) is 0.0790. The van der Waals surface area contributed by atoms with E-state index in [1.165, 1.54) is 66.9 Å². The van der Waals surface area contributed by atoms with Crippen molar-refractivity contribution in [3.63, 3.8) is 0 Å². The van der Waals surface area contributed by atoms with Gasteiger partial charge in [0, 0.05) is 56.4 Å². The Morgan fingerprint density at radius 3 is 1.48 bits per heavy atom. The monoisotopic (exact) mass is 1020 g/mol. The molecule has 0 spiro atoms. The molecule has 6 N–H and O–H groups in total. The van der Waals surface area contributed by atoms with Gasteiger partial charge in [-0.2, -0.15) is 27.5 Å². The fourth-order valence-corrected chi connectivity index (χ4v) is 9.50. The molecule has 4 fully saturated rings. The Bertz CT molecular complexity index is 2680. The van der Waals surface area contributed by atoms with Crippen molar-refractivity contribution in [1.29, 1.82) is 0 Å². The lowest BCUT2D eigenvalue weighted by Gasteiger charge is -2.31. The predicted molar refractivity (Wildman–Crippen MR) is 268 cm³/mol. The Balaban J connectivity index is 0.000000179. The van der Waals surface area contributed by atoms with Crippen molar-refractivity contribution in [2.45, 2.75) is 114 Å². The molecule has 392 valence electrons. The highest BCUT2D eigenvalue weighted by Gasteiger charge is 2.50. The molecular formula is C50H63F4N13O6. The summed E-state index contributed by atoms with van der Waals surface area (Å²) in [4.78, 5) is 71.6. The van der Waals surface area contributed by atoms with Gasteiger partial charge in [0.05, 0.1) is 57.1 Å². The molecule has 3 aliphatic heterocycles. The Hall–Kier alpha value is -6.88. The number of nitrogens with one attached hydrogen (secondary N) is 4. The highest BCUT2D eigenvalue weighted by Crippen LogP contribution is 2.42. The molecule has 4 aromatic rings. The van der Waals surface area contributed by atoms with Crippen LogP contribution in [0.25, 0.3) is 0 Å². The number of ketones is 1. The number of amides is 3. The second-order valence-electron chi connectivity index (χ2n) is 19.2. The molecule has 23 heteroatoms. The van der Waals surface area contributed by atoms with Crippen molar-refractivity contribution < 1.29 is 46.2 Å². The number of nitrogens with zero attached hydrogens (tertiary/aromatic N) is 8. The summed E-state index contributed by atoms with van der Waals surface area (Å²) in [6.45, 7) is 1.49. The van der Waals surface area contributed by atoms with Crippen molar-refractivity contribution >= 4 is 69.8 Å². The Kier molecular flexibility index (Phi) is 15.9. The molecule has 5 heterocycles. The molecule has 0 bridgehead atoms. The SMILES string of the molecule is COc1cc(C(=O)NC2CNC2)ccc1Nc1ncc2c(n1)N(C1CCCC1)CC(F)(F)C(=O)N2C.COc1cc(C(C)=O)ccc1Nc1ncc2c(n1)N(C1CCCC1)CC(F)(F)C(=O)N2C.NC1CCC1. The van der Waals surface area contributed by atoms with E-state index in [0.29, 0.717) is 45.9 Å². The number of methoxy groups -OCH3 is 2. The number of hydrogen-bond acceptors (Lipinski definition) is 16. The number of anilines is 8. The van der Waals surface area contributed by atoms with Crippen molar-refractivity contribution in [2.24, 2.45) is 5.73 Å². The summed E-state index contributed by atoms with van der Waals surface area (Å²) in [5.74, 6) is -8.18. The van der Waals surface area contributed by atoms with Crippen molar-refractivity contribution in [1.82, 2.24) is 30.6 Å². The van der Waals surface area contributed by atoms with Crippen LogP contribution in [-0.4, -0.2) is 134 Å². The van der Waals surface area contributed by atoms with Gasteiger partial charge in [0.1, 0.15) is 22.9 Å². The summed E-state index contributed by atoms with van der Waals surface area (Å²) in [7, 11) is 5.59. The van der Waals surface area contributed by atoms with Gasteiger partial charge < -0.3 is 56.1 Å². The lowest BCUT2D eigenvalue weighted by atomic mass is 9.95. The first-order valence-electron chi connectivity index (χ1n) is 24.6. The van der Waals surface area contributed by atoms with Gasteiger partial charge in [-0.05, 0) is 81.8 Å². The third-order valence-corrected chi connectivity index (χ3v) is 14.1. The van der Waals surface area contributed by atoms with E-state index in [4.69, 9.17) is 15.2 Å². The Morgan fingerprint density at radius 2 is 1.11 bits per heavy atom. The lowest BCUT2D eigenvalue weighted by Crippen LogP contribution is -2.56. The minimum Gasteiger partial charge on any atom is -0.495 e. The molecule has 0 unspecified atom stereocenters. The zero-order valence-corrected chi connectivity index (χ0v) is 41.7. The summed E-state index contributed by atoms with van der Waals surface area (Å²) >= 11 is 0. The van der Waals surface area contributed by atoms with Crippen molar-refractivity contribution in [3.8, 4) is 11.5 Å². The zero-order valence-electron chi connectivity index (χ0n) is 41.7. The molecular weight excluding hydrogens is 955 g/mol. The fraction of sp³-hybridized carbons (Fsp3) is 0.520. The molecule has 0 radical (unpaired) electrons. The van der Waals surface area contributed by atoms with Gasteiger partial charge in [0.25, 0.3) is 17.7 Å². The van der Waals surface area contributed by atoms with Crippen LogP contribution in [0.15, 0.2) is 48.8 Å². The van der Waals surface area contributed by atoms with E-state index in [9.17, 15) is 36.7 Å². The van der Waals surface area contributed by atoms with Gasteiger partial charge in [-0.3, -0.25) is 19.2 Å². The molecule has 3 aliphatic carbocycles. The highest BCUT2D eigenvalue weighted by atomic mass is 19.3. The summed E-state index contributed by atoms with van der Waals surface area (Å²) in [5, 5.41) is 12.2. The van der Waals surface area contributed by atoms with Crippen LogP contribution in [-0.2, 0) is 9.59 Å². The molecule has 3 saturated carbocycles. The summed E-state index contributed by atoms with van der Waals surface area (Å²) < 4.78 is 69.8. The second-order valence-corrected chi connectivity index (χ2v) is 19.2. The van der Waals surface area contributed by atoms with Crippen LogP contribution < -0.4 is 56.1 Å². The highest BCUT2D eigenvalue weighted by molar-refractivity contribution is 6.03. The van der Waals surface area contributed by atoms with Gasteiger partial charge in [0.15, 0.2) is 17.4 Å². The van der Waals surface area contributed by atoms with Crippen LogP contribution in [0, 0.1) is 0 Å². The van der Waals surface area contributed by atoms with E-state index in [2.05, 4.69) is 41.2 Å². The first kappa shape index (κ1) is 52.4. The van der Waals surface area contributed by atoms with Crippen LogP contribution in [0.2, 0.25) is 0 Å². The number of alkyl halides is 4. The maximum absolute atomic E-state index is 14.8. The molecule has 1 saturated heterocycles. The smallest absolute Gasteiger partial charge is 0.342 e. The van der Waals surface area contributed by atoms with Crippen LogP contribution in [0.5, 0.6) is 11.5 Å². The molecule has 19 nitrogen and oxygen atoms in total. The van der Waals surface area contributed by atoms with Crippen LogP contribution in [0.4, 0.5) is 63.8 Å². The van der Waals surface area contributed by atoms with Crippen LogP contribution >= 0.6 is 0 Å². The number of rotatable bonds is 11. The maximum Gasteiger partial charge on any atom is 0.342 e. The molecule has 2 aromatic heterocycles. The number of hydrogen-bond donors (Lipinski definition) is 5. The van der Waals surface area contributed by atoms with E-state index in [1.54, 1.807) is 46.2 Å². The largest absolute Gasteiger partial charge is 0.495 e. The summed E-state index contributed by atoms with van der Waals surface area (Å²) in [6, 6.07) is 10.3. The molecule has 73 heavy (non-hydrogen) atoms. The van der Waals surface area contributed by atoms with Crippen LogP contribution in [0.1, 0.15) is 98.3 Å². The first-order chi connectivity index (χ1) is 34.9. The number of aromatic nitrogens is 4. The van der Waals surface area contributed by atoms with E-state index in [-0.39, 0.29) is 58.9 Å². The number of Topliss-reactive ketones (excluding diaryl/α,β-unsaturated/α-hetero) is 1. The normalized spacial score (nSPS) is 19.6. The second kappa shape index (κ2) is 22.1. The minimum atomic E-state index is -3.54. The van der Waals surface area contributed by atoms with Gasteiger partial charge in [-0.25, -0.2) is 9.97 Å². The fourth-order valence-electron chi connectivity index (χ4n) is 9.50. The average Bonchev–Trinajstić information content (AvgIpc) is 4.09. The average molecular weight is 1020 g/mol. The number of benzene rings is 2.